The number of carbonyl (C=O) groups is 1. The van der Waals surface area contributed by atoms with Gasteiger partial charge in [-0.25, -0.2) is 4.39 Å². The van der Waals surface area contributed by atoms with Gasteiger partial charge in [-0.2, -0.15) is 0 Å². The van der Waals surface area contributed by atoms with Crippen LogP contribution in [-0.2, 0) is 4.79 Å². The van der Waals surface area contributed by atoms with Crippen LogP contribution in [0, 0.1) is 5.82 Å². The van der Waals surface area contributed by atoms with E-state index in [-0.39, 0.29) is 23.9 Å². The van der Waals surface area contributed by atoms with Gasteiger partial charge in [0, 0.05) is 31.3 Å². The van der Waals surface area contributed by atoms with Gasteiger partial charge in [-0.3, -0.25) is 4.79 Å². The summed E-state index contributed by atoms with van der Waals surface area (Å²) in [5.41, 5.74) is 1.70. The largest absolute Gasteiger partial charge is 0.393 e. The molecule has 1 amide bonds. The third kappa shape index (κ3) is 3.48. The molecule has 1 unspecified atom stereocenters. The molecule has 1 aromatic carbocycles. The van der Waals surface area contributed by atoms with Gasteiger partial charge < -0.3 is 15.3 Å². The van der Waals surface area contributed by atoms with Crippen LogP contribution in [0.5, 0.6) is 0 Å². The maximum absolute atomic E-state index is 13.5. The van der Waals surface area contributed by atoms with E-state index in [1.54, 1.807) is 6.07 Å². The van der Waals surface area contributed by atoms with E-state index < -0.39 is 0 Å². The van der Waals surface area contributed by atoms with Gasteiger partial charge in [0.2, 0.25) is 5.91 Å². The number of halogens is 1. The standard InChI is InChI=1S/C15H21FN2O2/c1-10(17-11(2)19)14-9-12(16)3-4-15(14)18-7-5-13(20)6-8-18/h3-4,9-10,13,20H,5-8H2,1-2H3,(H,17,19). The molecule has 2 rings (SSSR count). The molecule has 1 aromatic rings. The average molecular weight is 280 g/mol. The fraction of sp³-hybridized carbons (Fsp3) is 0.533. The van der Waals surface area contributed by atoms with Gasteiger partial charge in [-0.1, -0.05) is 0 Å². The molecule has 1 heterocycles. The topological polar surface area (TPSA) is 52.6 Å². The number of benzene rings is 1. The van der Waals surface area contributed by atoms with Crippen LogP contribution in [0.15, 0.2) is 18.2 Å². The van der Waals surface area contributed by atoms with Crippen LogP contribution in [0.4, 0.5) is 10.1 Å². The summed E-state index contributed by atoms with van der Waals surface area (Å²) in [6.07, 6.45) is 1.18. The van der Waals surface area contributed by atoms with Crippen molar-refractivity contribution in [1.82, 2.24) is 5.32 Å². The lowest BCUT2D eigenvalue weighted by atomic mass is 10.0. The fourth-order valence-electron chi connectivity index (χ4n) is 2.65. The lowest BCUT2D eigenvalue weighted by Gasteiger charge is -2.34. The monoisotopic (exact) mass is 280 g/mol. The number of anilines is 1. The number of hydrogen-bond acceptors (Lipinski definition) is 3. The van der Waals surface area contributed by atoms with Crippen LogP contribution in [0.2, 0.25) is 0 Å². The maximum Gasteiger partial charge on any atom is 0.217 e. The van der Waals surface area contributed by atoms with Gasteiger partial charge in [0.1, 0.15) is 5.82 Å². The minimum atomic E-state index is -0.307. The Hall–Kier alpha value is -1.62. The molecule has 0 saturated carbocycles. The highest BCUT2D eigenvalue weighted by molar-refractivity contribution is 5.74. The Morgan fingerprint density at radius 3 is 2.70 bits per heavy atom. The second-order valence-electron chi connectivity index (χ2n) is 5.34. The Labute approximate surface area is 118 Å². The maximum atomic E-state index is 13.5. The number of piperidine rings is 1. The molecule has 2 N–H and O–H groups in total. The predicted molar refractivity (Wildman–Crippen MR) is 76.1 cm³/mol. The van der Waals surface area contributed by atoms with Crippen molar-refractivity contribution in [2.75, 3.05) is 18.0 Å². The highest BCUT2D eigenvalue weighted by Gasteiger charge is 2.21. The molecule has 0 aromatic heterocycles. The summed E-state index contributed by atoms with van der Waals surface area (Å²) in [7, 11) is 0. The number of rotatable bonds is 3. The average Bonchev–Trinajstić information content (AvgIpc) is 2.39. The number of aliphatic hydroxyl groups excluding tert-OH is 1. The molecule has 110 valence electrons. The van der Waals surface area contributed by atoms with Gasteiger partial charge in [0.05, 0.1) is 12.1 Å². The Balaban J connectivity index is 2.25. The van der Waals surface area contributed by atoms with Crippen LogP contribution in [0.1, 0.15) is 38.3 Å². The molecule has 1 fully saturated rings. The molecule has 20 heavy (non-hydrogen) atoms. The molecule has 0 aliphatic carbocycles. The van der Waals surface area contributed by atoms with Crippen molar-refractivity contribution in [3.8, 4) is 0 Å². The van der Waals surface area contributed by atoms with Crippen LogP contribution < -0.4 is 10.2 Å². The molecule has 5 heteroatoms. The summed E-state index contributed by atoms with van der Waals surface area (Å²) >= 11 is 0. The predicted octanol–water partition coefficient (Wildman–Crippen LogP) is 1.98. The zero-order valence-corrected chi connectivity index (χ0v) is 11.9. The minimum absolute atomic E-state index is 0.137. The second-order valence-corrected chi connectivity index (χ2v) is 5.34. The van der Waals surface area contributed by atoms with Crippen molar-refractivity contribution < 1.29 is 14.3 Å². The molecule has 0 radical (unpaired) electrons. The van der Waals surface area contributed by atoms with Crippen molar-refractivity contribution in [3.05, 3.63) is 29.6 Å². The second kappa shape index (κ2) is 6.22. The number of amides is 1. The normalized spacial score (nSPS) is 17.9. The van der Waals surface area contributed by atoms with Gasteiger partial charge in [0.15, 0.2) is 0 Å². The molecule has 4 nitrogen and oxygen atoms in total. The summed E-state index contributed by atoms with van der Waals surface area (Å²) in [6, 6.07) is 4.41. The minimum Gasteiger partial charge on any atom is -0.393 e. The first-order valence-electron chi connectivity index (χ1n) is 6.97. The van der Waals surface area contributed by atoms with E-state index in [0.717, 1.165) is 24.3 Å². The number of hydrogen-bond donors (Lipinski definition) is 2. The molecule has 1 aliphatic heterocycles. The van der Waals surface area contributed by atoms with E-state index in [4.69, 9.17) is 0 Å². The quantitative estimate of drug-likeness (QED) is 0.890. The SMILES string of the molecule is CC(=O)NC(C)c1cc(F)ccc1N1CCC(O)CC1. The molecule has 1 aliphatic rings. The summed E-state index contributed by atoms with van der Waals surface area (Å²) in [6.45, 7) is 4.78. The first kappa shape index (κ1) is 14.8. The number of aliphatic hydroxyl groups is 1. The van der Waals surface area contributed by atoms with Crippen molar-refractivity contribution in [1.29, 1.82) is 0 Å². The number of nitrogens with one attached hydrogen (secondary N) is 1. The first-order valence-corrected chi connectivity index (χ1v) is 6.97. The fourth-order valence-corrected chi connectivity index (χ4v) is 2.65. The molecule has 1 atom stereocenters. The Morgan fingerprint density at radius 2 is 2.10 bits per heavy atom. The smallest absolute Gasteiger partial charge is 0.217 e. The van der Waals surface area contributed by atoms with Gasteiger partial charge >= 0.3 is 0 Å². The Kier molecular flexibility index (Phi) is 4.60. The molecular formula is C15H21FN2O2. The molecule has 0 bridgehead atoms. The van der Waals surface area contributed by atoms with E-state index in [2.05, 4.69) is 10.2 Å². The van der Waals surface area contributed by atoms with Crippen molar-refractivity contribution in [3.63, 3.8) is 0 Å². The lowest BCUT2D eigenvalue weighted by molar-refractivity contribution is -0.119. The molecular weight excluding hydrogens is 259 g/mol. The van der Waals surface area contributed by atoms with Crippen LogP contribution in [0.25, 0.3) is 0 Å². The summed E-state index contributed by atoms with van der Waals surface area (Å²) in [5, 5.41) is 12.4. The van der Waals surface area contributed by atoms with E-state index >= 15 is 0 Å². The third-order valence-electron chi connectivity index (χ3n) is 3.68. The molecule has 1 saturated heterocycles. The van der Waals surface area contributed by atoms with Crippen molar-refractivity contribution in [2.24, 2.45) is 0 Å². The van der Waals surface area contributed by atoms with Gasteiger partial charge in [-0.05, 0) is 38.0 Å². The van der Waals surface area contributed by atoms with Crippen LogP contribution in [0.3, 0.4) is 0 Å². The molecule has 0 spiro atoms. The number of nitrogens with zero attached hydrogens (tertiary/aromatic N) is 1. The van der Waals surface area contributed by atoms with E-state index in [9.17, 15) is 14.3 Å². The summed E-state index contributed by atoms with van der Waals surface area (Å²) in [4.78, 5) is 13.3. The van der Waals surface area contributed by atoms with Crippen LogP contribution in [-0.4, -0.2) is 30.2 Å². The van der Waals surface area contributed by atoms with Crippen LogP contribution >= 0.6 is 0 Å². The lowest BCUT2D eigenvalue weighted by Crippen LogP contribution is -2.37. The van der Waals surface area contributed by atoms with Gasteiger partial charge in [-0.15, -0.1) is 0 Å². The van der Waals surface area contributed by atoms with Crippen molar-refractivity contribution in [2.45, 2.75) is 38.8 Å². The zero-order chi connectivity index (χ0) is 14.7. The first-order chi connectivity index (χ1) is 9.47. The van der Waals surface area contributed by atoms with E-state index in [1.807, 2.05) is 6.92 Å². The highest BCUT2D eigenvalue weighted by atomic mass is 19.1. The summed E-state index contributed by atoms with van der Waals surface area (Å²) < 4.78 is 13.5. The van der Waals surface area contributed by atoms with Crippen molar-refractivity contribution >= 4 is 11.6 Å². The highest BCUT2D eigenvalue weighted by Crippen LogP contribution is 2.29. The van der Waals surface area contributed by atoms with E-state index in [1.165, 1.54) is 19.1 Å². The zero-order valence-electron chi connectivity index (χ0n) is 11.9. The van der Waals surface area contributed by atoms with E-state index in [0.29, 0.717) is 12.8 Å². The third-order valence-corrected chi connectivity index (χ3v) is 3.68. The number of carbonyl (C=O) groups excluding carboxylic acids is 1. The Bertz CT molecular complexity index is 485. The summed E-state index contributed by atoms with van der Waals surface area (Å²) in [5.74, 6) is -0.445. The Morgan fingerprint density at radius 1 is 1.45 bits per heavy atom. The van der Waals surface area contributed by atoms with Gasteiger partial charge in [0.25, 0.3) is 0 Å².